The minimum absolute atomic E-state index is 0.367. The Bertz CT molecular complexity index is 670. The number of aromatic nitrogens is 2. The molecule has 1 N–H and O–H groups in total. The number of nitrogens with zero attached hydrogens (tertiary/aromatic N) is 2. The Morgan fingerprint density at radius 3 is 2.59 bits per heavy atom. The van der Waals surface area contributed by atoms with Crippen LogP contribution in [0.5, 0.6) is 0 Å². The zero-order valence-corrected chi connectivity index (χ0v) is 14.2. The molecule has 1 aliphatic carbocycles. The first kappa shape index (κ1) is 15.3. The van der Waals surface area contributed by atoms with Crippen LogP contribution >= 0.6 is 0 Å². The summed E-state index contributed by atoms with van der Waals surface area (Å²) in [4.78, 5) is 0. The lowest BCUT2D eigenvalue weighted by Gasteiger charge is -2.20. The number of rotatable bonds is 4. The van der Waals surface area contributed by atoms with Gasteiger partial charge in [-0.15, -0.1) is 0 Å². The molecule has 0 saturated carbocycles. The molecule has 1 atom stereocenters. The average molecular weight is 297 g/mol. The summed E-state index contributed by atoms with van der Waals surface area (Å²) < 4.78 is 1.97. The van der Waals surface area contributed by atoms with Crippen LogP contribution < -0.4 is 5.32 Å². The van der Waals surface area contributed by atoms with Gasteiger partial charge in [0.15, 0.2) is 0 Å². The van der Waals surface area contributed by atoms with Crippen molar-refractivity contribution < 1.29 is 0 Å². The van der Waals surface area contributed by atoms with Gasteiger partial charge in [0.2, 0.25) is 0 Å². The van der Waals surface area contributed by atoms with E-state index in [1.54, 1.807) is 11.1 Å². The van der Waals surface area contributed by atoms with E-state index in [-0.39, 0.29) is 0 Å². The molecule has 0 fully saturated rings. The molecule has 0 bridgehead atoms. The molecule has 1 aliphatic rings. The SMILES string of the molecule is Cc1nn(C)c(C)c1CNC(C)c1ccc2c(c1)CCCC2. The van der Waals surface area contributed by atoms with Crippen LogP contribution in [-0.2, 0) is 26.4 Å². The van der Waals surface area contributed by atoms with Gasteiger partial charge in [0.1, 0.15) is 0 Å². The Kier molecular flexibility index (Phi) is 4.34. The lowest BCUT2D eigenvalue weighted by Crippen LogP contribution is -2.19. The molecule has 0 amide bonds. The van der Waals surface area contributed by atoms with E-state index in [0.29, 0.717) is 6.04 Å². The topological polar surface area (TPSA) is 29.9 Å². The van der Waals surface area contributed by atoms with Gasteiger partial charge >= 0.3 is 0 Å². The zero-order chi connectivity index (χ0) is 15.7. The molecular weight excluding hydrogens is 270 g/mol. The Balaban J connectivity index is 1.70. The maximum absolute atomic E-state index is 4.50. The second kappa shape index (κ2) is 6.25. The first-order valence-electron chi connectivity index (χ1n) is 8.40. The summed E-state index contributed by atoms with van der Waals surface area (Å²) in [5.74, 6) is 0. The van der Waals surface area contributed by atoms with E-state index in [1.807, 2.05) is 11.7 Å². The molecule has 22 heavy (non-hydrogen) atoms. The van der Waals surface area contributed by atoms with Crippen molar-refractivity contribution in [3.05, 3.63) is 51.8 Å². The summed E-state index contributed by atoms with van der Waals surface area (Å²) in [6, 6.07) is 7.41. The molecule has 0 radical (unpaired) electrons. The summed E-state index contributed by atoms with van der Waals surface area (Å²) in [6.45, 7) is 7.36. The van der Waals surface area contributed by atoms with Gasteiger partial charge in [0.25, 0.3) is 0 Å². The molecule has 0 saturated heterocycles. The summed E-state index contributed by atoms with van der Waals surface area (Å²) >= 11 is 0. The van der Waals surface area contributed by atoms with E-state index in [0.717, 1.165) is 12.2 Å². The Hall–Kier alpha value is -1.61. The molecular formula is C19H27N3. The number of nitrogens with one attached hydrogen (secondary N) is 1. The molecule has 1 aromatic carbocycles. The standard InChI is InChI=1S/C19H27N3/c1-13(20-12-19-14(2)21-22(4)15(19)3)17-10-9-16-7-5-6-8-18(16)11-17/h9-11,13,20H,5-8,12H2,1-4H3. The van der Waals surface area contributed by atoms with Gasteiger partial charge in [0.05, 0.1) is 5.69 Å². The first-order chi connectivity index (χ1) is 10.6. The molecule has 1 unspecified atom stereocenters. The van der Waals surface area contributed by atoms with E-state index >= 15 is 0 Å². The lowest BCUT2D eigenvalue weighted by atomic mass is 9.89. The van der Waals surface area contributed by atoms with Crippen molar-refractivity contribution >= 4 is 0 Å². The monoisotopic (exact) mass is 297 g/mol. The third-order valence-corrected chi connectivity index (χ3v) is 5.12. The van der Waals surface area contributed by atoms with Crippen molar-refractivity contribution in [2.24, 2.45) is 7.05 Å². The van der Waals surface area contributed by atoms with Gasteiger partial charge in [-0.25, -0.2) is 0 Å². The first-order valence-corrected chi connectivity index (χ1v) is 8.40. The van der Waals surface area contributed by atoms with Crippen LogP contribution in [0, 0.1) is 13.8 Å². The highest BCUT2D eigenvalue weighted by atomic mass is 15.3. The number of benzene rings is 1. The summed E-state index contributed by atoms with van der Waals surface area (Å²) in [5.41, 5.74) is 8.23. The Morgan fingerprint density at radius 2 is 1.91 bits per heavy atom. The molecule has 118 valence electrons. The van der Waals surface area contributed by atoms with Gasteiger partial charge in [-0.05, 0) is 63.1 Å². The van der Waals surface area contributed by atoms with E-state index in [9.17, 15) is 0 Å². The van der Waals surface area contributed by atoms with Crippen molar-refractivity contribution in [1.82, 2.24) is 15.1 Å². The van der Waals surface area contributed by atoms with Crippen molar-refractivity contribution in [1.29, 1.82) is 0 Å². The fourth-order valence-electron chi connectivity index (χ4n) is 3.47. The number of aryl methyl sites for hydroxylation is 4. The molecule has 0 aliphatic heterocycles. The maximum atomic E-state index is 4.50. The molecule has 1 heterocycles. The van der Waals surface area contributed by atoms with E-state index in [2.05, 4.69) is 49.4 Å². The van der Waals surface area contributed by atoms with Crippen LogP contribution in [-0.4, -0.2) is 9.78 Å². The van der Waals surface area contributed by atoms with Crippen LogP contribution in [0.15, 0.2) is 18.2 Å². The molecule has 0 spiro atoms. The van der Waals surface area contributed by atoms with Gasteiger partial charge in [0, 0.05) is 30.9 Å². The van der Waals surface area contributed by atoms with Crippen LogP contribution in [0.25, 0.3) is 0 Å². The number of hydrogen-bond acceptors (Lipinski definition) is 2. The second-order valence-electron chi connectivity index (χ2n) is 6.61. The minimum Gasteiger partial charge on any atom is -0.306 e. The van der Waals surface area contributed by atoms with E-state index < -0.39 is 0 Å². The van der Waals surface area contributed by atoms with Crippen LogP contribution in [0.4, 0.5) is 0 Å². The highest BCUT2D eigenvalue weighted by Crippen LogP contribution is 2.25. The number of fused-ring (bicyclic) bond motifs is 1. The molecule has 3 heteroatoms. The highest BCUT2D eigenvalue weighted by molar-refractivity contribution is 5.35. The second-order valence-corrected chi connectivity index (χ2v) is 6.61. The maximum Gasteiger partial charge on any atom is 0.0641 e. The van der Waals surface area contributed by atoms with Crippen LogP contribution in [0.3, 0.4) is 0 Å². The van der Waals surface area contributed by atoms with Crippen molar-refractivity contribution in [2.45, 2.75) is 59.0 Å². The Labute approximate surface area is 133 Å². The largest absolute Gasteiger partial charge is 0.306 e. The molecule has 1 aromatic heterocycles. The quantitative estimate of drug-likeness (QED) is 0.931. The smallest absolute Gasteiger partial charge is 0.0641 e. The summed E-state index contributed by atoms with van der Waals surface area (Å²) in [7, 11) is 2.01. The van der Waals surface area contributed by atoms with Gasteiger partial charge in [-0.2, -0.15) is 5.10 Å². The van der Waals surface area contributed by atoms with Crippen molar-refractivity contribution in [2.75, 3.05) is 0 Å². The molecule has 2 aromatic rings. The third kappa shape index (κ3) is 2.95. The lowest BCUT2D eigenvalue weighted by molar-refractivity contribution is 0.569. The average Bonchev–Trinajstić information content (AvgIpc) is 2.77. The number of hydrogen-bond donors (Lipinski definition) is 1. The molecule has 3 rings (SSSR count). The predicted octanol–water partition coefficient (Wildman–Crippen LogP) is 3.77. The van der Waals surface area contributed by atoms with Crippen LogP contribution in [0.1, 0.15) is 59.4 Å². The normalized spacial score (nSPS) is 15.6. The van der Waals surface area contributed by atoms with E-state index in [1.165, 1.54) is 42.5 Å². The van der Waals surface area contributed by atoms with Gasteiger partial charge < -0.3 is 5.32 Å². The van der Waals surface area contributed by atoms with E-state index in [4.69, 9.17) is 0 Å². The Morgan fingerprint density at radius 1 is 1.18 bits per heavy atom. The van der Waals surface area contributed by atoms with Crippen molar-refractivity contribution in [3.63, 3.8) is 0 Å². The highest BCUT2D eigenvalue weighted by Gasteiger charge is 2.14. The van der Waals surface area contributed by atoms with Gasteiger partial charge in [-0.3, -0.25) is 4.68 Å². The summed E-state index contributed by atoms with van der Waals surface area (Å²) in [5, 5.41) is 8.16. The third-order valence-electron chi connectivity index (χ3n) is 5.12. The zero-order valence-electron chi connectivity index (χ0n) is 14.2. The fraction of sp³-hybridized carbons (Fsp3) is 0.526. The minimum atomic E-state index is 0.367. The van der Waals surface area contributed by atoms with Crippen molar-refractivity contribution in [3.8, 4) is 0 Å². The summed E-state index contributed by atoms with van der Waals surface area (Å²) in [6.07, 6.45) is 5.19. The van der Waals surface area contributed by atoms with Gasteiger partial charge in [-0.1, -0.05) is 18.2 Å². The molecule has 3 nitrogen and oxygen atoms in total. The fourth-order valence-corrected chi connectivity index (χ4v) is 3.47. The predicted molar refractivity (Wildman–Crippen MR) is 91.0 cm³/mol. The van der Waals surface area contributed by atoms with Crippen LogP contribution in [0.2, 0.25) is 0 Å².